The number of fused-ring (bicyclic) bond motifs is 1. The first kappa shape index (κ1) is 18.9. The van der Waals surface area contributed by atoms with Crippen molar-refractivity contribution in [3.05, 3.63) is 59.2 Å². The molecule has 0 spiro atoms. The summed E-state index contributed by atoms with van der Waals surface area (Å²) in [6.45, 7) is 3.97. The van der Waals surface area contributed by atoms with Gasteiger partial charge in [-0.1, -0.05) is 12.1 Å². The normalized spacial score (nSPS) is 28.3. The zero-order valence-corrected chi connectivity index (χ0v) is 17.0. The number of amides is 2. The minimum atomic E-state index is -0.339. The van der Waals surface area contributed by atoms with Crippen LogP contribution in [0.1, 0.15) is 34.3 Å². The van der Waals surface area contributed by atoms with E-state index in [4.69, 9.17) is 4.74 Å². The number of aryl methyl sites for hydroxylation is 2. The van der Waals surface area contributed by atoms with Gasteiger partial charge in [-0.05, 0) is 74.1 Å². The highest BCUT2D eigenvalue weighted by molar-refractivity contribution is 6.05. The molecule has 5 atom stereocenters. The fourth-order valence-electron chi connectivity index (χ4n) is 5.58. The summed E-state index contributed by atoms with van der Waals surface area (Å²) in [4.78, 5) is 37.8. The zero-order valence-electron chi connectivity index (χ0n) is 17.0. The molecule has 6 nitrogen and oxygen atoms in total. The van der Waals surface area contributed by atoms with Gasteiger partial charge in [0.2, 0.25) is 5.91 Å². The molecule has 2 bridgehead atoms. The summed E-state index contributed by atoms with van der Waals surface area (Å²) in [5.41, 5.74) is 3.90. The molecule has 5 rings (SSSR count). The van der Waals surface area contributed by atoms with Crippen LogP contribution in [0.25, 0.3) is 0 Å². The van der Waals surface area contributed by atoms with Crippen LogP contribution in [0.5, 0.6) is 0 Å². The number of rotatable bonds is 4. The van der Waals surface area contributed by atoms with Gasteiger partial charge in [-0.15, -0.1) is 0 Å². The summed E-state index contributed by atoms with van der Waals surface area (Å²) >= 11 is 0. The minimum absolute atomic E-state index is 0.00818. The second kappa shape index (κ2) is 6.97. The van der Waals surface area contributed by atoms with Crippen molar-refractivity contribution >= 4 is 29.2 Å². The molecule has 0 aromatic heterocycles. The number of benzene rings is 2. The van der Waals surface area contributed by atoms with Gasteiger partial charge in [0.1, 0.15) is 6.10 Å². The summed E-state index contributed by atoms with van der Waals surface area (Å²) in [5.74, 6) is -0.888. The predicted octanol–water partition coefficient (Wildman–Crippen LogP) is 3.69. The number of carbonyl (C=O) groups excluding carboxylic acids is 3. The Kier molecular flexibility index (Phi) is 4.38. The first-order valence-corrected chi connectivity index (χ1v) is 10.4. The van der Waals surface area contributed by atoms with Gasteiger partial charge in [0.15, 0.2) is 0 Å². The molecule has 2 aromatic rings. The molecule has 1 saturated heterocycles. The average Bonchev–Trinajstić information content (AvgIpc) is 3.30. The highest BCUT2D eigenvalue weighted by Gasteiger charge is 2.63. The number of hydrogen-bond donors (Lipinski definition) is 2. The summed E-state index contributed by atoms with van der Waals surface area (Å²) in [7, 11) is 0. The van der Waals surface area contributed by atoms with E-state index in [9.17, 15) is 14.4 Å². The lowest BCUT2D eigenvalue weighted by Crippen LogP contribution is -2.35. The molecule has 6 heteroatoms. The van der Waals surface area contributed by atoms with E-state index in [1.807, 2.05) is 32.0 Å². The molecule has 3 fully saturated rings. The molecule has 1 heterocycles. The van der Waals surface area contributed by atoms with E-state index < -0.39 is 0 Å². The number of esters is 1. The zero-order chi connectivity index (χ0) is 21.0. The Morgan fingerprint density at radius 3 is 2.50 bits per heavy atom. The lowest BCUT2D eigenvalue weighted by molar-refractivity contribution is -0.145. The van der Waals surface area contributed by atoms with Gasteiger partial charge >= 0.3 is 5.97 Å². The summed E-state index contributed by atoms with van der Waals surface area (Å²) in [6.07, 6.45) is 1.68. The second-order valence-electron chi connectivity index (χ2n) is 8.82. The maximum absolute atomic E-state index is 13.0. The Morgan fingerprint density at radius 1 is 0.967 bits per heavy atom. The number of hydrogen-bond acceptors (Lipinski definition) is 4. The molecule has 0 unspecified atom stereocenters. The van der Waals surface area contributed by atoms with Crippen molar-refractivity contribution in [3.8, 4) is 0 Å². The minimum Gasteiger partial charge on any atom is -0.462 e. The van der Waals surface area contributed by atoms with Gasteiger partial charge in [-0.3, -0.25) is 14.4 Å². The van der Waals surface area contributed by atoms with Crippen LogP contribution in [-0.2, 0) is 14.3 Å². The van der Waals surface area contributed by atoms with Crippen molar-refractivity contribution in [2.24, 2.45) is 23.7 Å². The molecule has 3 aliphatic rings. The average molecular weight is 404 g/mol. The number of ether oxygens (including phenoxy) is 1. The Labute approximate surface area is 175 Å². The molecule has 2 amide bonds. The monoisotopic (exact) mass is 404 g/mol. The maximum atomic E-state index is 13.0. The Morgan fingerprint density at radius 2 is 1.73 bits per heavy atom. The van der Waals surface area contributed by atoms with Crippen LogP contribution in [0.4, 0.5) is 11.4 Å². The summed E-state index contributed by atoms with van der Waals surface area (Å²) in [6, 6.07) is 12.8. The number of nitrogens with one attached hydrogen (secondary N) is 2. The van der Waals surface area contributed by atoms with Crippen LogP contribution in [0.3, 0.4) is 0 Å². The molecule has 2 aromatic carbocycles. The number of anilines is 2. The van der Waals surface area contributed by atoms with Crippen molar-refractivity contribution in [2.45, 2.75) is 32.8 Å². The van der Waals surface area contributed by atoms with Gasteiger partial charge in [-0.25, -0.2) is 0 Å². The lowest BCUT2D eigenvalue weighted by Gasteiger charge is -2.23. The Bertz CT molecular complexity index is 1040. The molecule has 1 aliphatic heterocycles. The van der Waals surface area contributed by atoms with Crippen molar-refractivity contribution in [1.82, 2.24) is 0 Å². The van der Waals surface area contributed by atoms with Gasteiger partial charge in [0.25, 0.3) is 5.91 Å². The smallest absolute Gasteiger partial charge is 0.310 e. The predicted molar refractivity (Wildman–Crippen MR) is 112 cm³/mol. The third kappa shape index (κ3) is 3.16. The van der Waals surface area contributed by atoms with Gasteiger partial charge < -0.3 is 15.4 Å². The molecule has 0 radical (unpaired) electrons. The maximum Gasteiger partial charge on any atom is 0.310 e. The summed E-state index contributed by atoms with van der Waals surface area (Å²) < 4.78 is 5.42. The first-order valence-electron chi connectivity index (χ1n) is 10.4. The third-order valence-electron chi connectivity index (χ3n) is 6.66. The van der Waals surface area contributed by atoms with Crippen LogP contribution in [0.15, 0.2) is 42.5 Å². The van der Waals surface area contributed by atoms with E-state index in [-0.39, 0.29) is 47.6 Å². The van der Waals surface area contributed by atoms with Crippen LogP contribution < -0.4 is 10.6 Å². The van der Waals surface area contributed by atoms with E-state index in [2.05, 4.69) is 10.6 Å². The highest BCUT2D eigenvalue weighted by atomic mass is 16.6. The SMILES string of the molecule is Cc1cc(C)cc(NC(=O)c2cccc(NC(=O)[C@H]3[C@H]4C[C@@H]5[C@@H]3C(=O)O[C@@H]5C4)c2)c1. The van der Waals surface area contributed by atoms with Crippen LogP contribution in [-0.4, -0.2) is 23.9 Å². The van der Waals surface area contributed by atoms with Crippen LogP contribution in [0.2, 0.25) is 0 Å². The van der Waals surface area contributed by atoms with E-state index in [1.54, 1.807) is 24.3 Å². The topological polar surface area (TPSA) is 84.5 Å². The van der Waals surface area contributed by atoms with E-state index in [0.29, 0.717) is 11.3 Å². The molecule has 154 valence electrons. The van der Waals surface area contributed by atoms with Crippen molar-refractivity contribution < 1.29 is 19.1 Å². The Balaban J connectivity index is 1.30. The standard InChI is InChI=1S/C24H24N2O4/c1-12-6-13(2)8-17(7-12)26-22(27)14-4-3-5-16(9-14)25-23(28)20-15-10-18-19(11-15)30-24(29)21(18)20/h3-9,15,18-21H,10-11H2,1-2H3,(H,25,28)(H,26,27)/t15-,18-,19+,20-,21-/m0/s1. The molecular weight excluding hydrogens is 380 g/mol. The molecule has 2 N–H and O–H groups in total. The second-order valence-corrected chi connectivity index (χ2v) is 8.82. The van der Waals surface area contributed by atoms with Crippen LogP contribution >= 0.6 is 0 Å². The quantitative estimate of drug-likeness (QED) is 0.761. The first-order chi connectivity index (χ1) is 14.4. The van der Waals surface area contributed by atoms with E-state index >= 15 is 0 Å². The summed E-state index contributed by atoms with van der Waals surface area (Å²) in [5, 5.41) is 5.83. The largest absolute Gasteiger partial charge is 0.462 e. The lowest BCUT2D eigenvalue weighted by atomic mass is 9.79. The van der Waals surface area contributed by atoms with E-state index in [1.165, 1.54) is 0 Å². The van der Waals surface area contributed by atoms with Crippen LogP contribution in [0, 0.1) is 37.5 Å². The molecule has 30 heavy (non-hydrogen) atoms. The van der Waals surface area contributed by atoms with E-state index in [0.717, 1.165) is 29.7 Å². The Hall–Kier alpha value is -3.15. The van der Waals surface area contributed by atoms with Crippen molar-refractivity contribution in [3.63, 3.8) is 0 Å². The van der Waals surface area contributed by atoms with Gasteiger partial charge in [0, 0.05) is 22.9 Å². The fourth-order valence-corrected chi connectivity index (χ4v) is 5.58. The molecule has 2 saturated carbocycles. The van der Waals surface area contributed by atoms with Crippen molar-refractivity contribution in [2.75, 3.05) is 10.6 Å². The highest BCUT2D eigenvalue weighted by Crippen LogP contribution is 2.57. The van der Waals surface area contributed by atoms with Gasteiger partial charge in [-0.2, -0.15) is 0 Å². The number of carbonyl (C=O) groups is 3. The van der Waals surface area contributed by atoms with Crippen molar-refractivity contribution in [1.29, 1.82) is 0 Å². The van der Waals surface area contributed by atoms with Gasteiger partial charge in [0.05, 0.1) is 11.8 Å². The fraction of sp³-hybridized carbons (Fsp3) is 0.375. The molecule has 2 aliphatic carbocycles. The molecular formula is C24H24N2O4. The third-order valence-corrected chi connectivity index (χ3v) is 6.66.